The fourth-order valence-corrected chi connectivity index (χ4v) is 2.98. The summed E-state index contributed by atoms with van der Waals surface area (Å²) in [4.78, 5) is 8.91. The van der Waals surface area contributed by atoms with Crippen molar-refractivity contribution in [2.24, 2.45) is 0 Å². The number of aromatic nitrogens is 2. The van der Waals surface area contributed by atoms with E-state index in [-0.39, 0.29) is 0 Å². The maximum Gasteiger partial charge on any atom is 0.108 e. The first-order valence-electron chi connectivity index (χ1n) is 5.97. The first kappa shape index (κ1) is 12.7. The normalized spacial score (nSPS) is 11.0. The highest BCUT2D eigenvalue weighted by molar-refractivity contribution is 9.10. The summed E-state index contributed by atoms with van der Waals surface area (Å²) in [7, 11) is 0. The summed E-state index contributed by atoms with van der Waals surface area (Å²) < 4.78 is 2.24. The molecule has 0 radical (unpaired) electrons. The Morgan fingerprint density at radius 1 is 1.11 bits per heavy atom. The molecule has 0 amide bonds. The lowest BCUT2D eigenvalue weighted by Crippen LogP contribution is -2.13. The molecule has 3 aromatic rings. The molecule has 0 aliphatic rings. The molecular formula is C14H12BrN3S. The Morgan fingerprint density at radius 3 is 2.79 bits per heavy atom. The number of rotatable bonds is 4. The average molecular weight is 334 g/mol. The molecule has 1 aromatic carbocycles. The summed E-state index contributed by atoms with van der Waals surface area (Å²) in [6, 6.07) is 12.2. The third-order valence-electron chi connectivity index (χ3n) is 2.71. The maximum atomic E-state index is 4.59. The highest BCUT2D eigenvalue weighted by atomic mass is 79.9. The lowest BCUT2D eigenvalue weighted by atomic mass is 10.3. The van der Waals surface area contributed by atoms with Crippen molar-refractivity contribution in [2.75, 3.05) is 0 Å². The van der Waals surface area contributed by atoms with Crippen LogP contribution in [0.5, 0.6) is 0 Å². The lowest BCUT2D eigenvalue weighted by molar-refractivity contribution is 0.677. The number of para-hydroxylation sites is 1. The van der Waals surface area contributed by atoms with E-state index in [1.54, 1.807) is 11.3 Å². The Morgan fingerprint density at radius 2 is 2.00 bits per heavy atom. The Labute approximate surface area is 123 Å². The van der Waals surface area contributed by atoms with Crippen molar-refractivity contribution >= 4 is 37.5 Å². The molecule has 0 unspecified atom stereocenters. The van der Waals surface area contributed by atoms with Crippen molar-refractivity contribution in [1.29, 1.82) is 0 Å². The van der Waals surface area contributed by atoms with Gasteiger partial charge in [0, 0.05) is 23.8 Å². The predicted octanol–water partition coefficient (Wildman–Crippen LogP) is 3.74. The second-order valence-corrected chi connectivity index (χ2v) is 6.18. The maximum absolute atomic E-state index is 4.59. The quantitative estimate of drug-likeness (QED) is 0.790. The molecule has 0 fully saturated rings. The van der Waals surface area contributed by atoms with Crippen molar-refractivity contribution in [1.82, 2.24) is 15.3 Å². The minimum Gasteiger partial charge on any atom is -0.305 e. The van der Waals surface area contributed by atoms with Gasteiger partial charge in [-0.1, -0.05) is 12.1 Å². The van der Waals surface area contributed by atoms with Gasteiger partial charge in [0.2, 0.25) is 0 Å². The molecule has 0 bridgehead atoms. The number of hydrogen-bond acceptors (Lipinski definition) is 4. The number of thiazole rings is 1. The van der Waals surface area contributed by atoms with Crippen LogP contribution in [0.25, 0.3) is 10.2 Å². The van der Waals surface area contributed by atoms with Crippen LogP contribution in [-0.2, 0) is 13.1 Å². The van der Waals surface area contributed by atoms with Gasteiger partial charge in [-0.15, -0.1) is 11.3 Å². The van der Waals surface area contributed by atoms with E-state index in [9.17, 15) is 0 Å². The third kappa shape index (κ3) is 3.18. The fourth-order valence-electron chi connectivity index (χ4n) is 1.80. The summed E-state index contributed by atoms with van der Waals surface area (Å²) in [5.74, 6) is 0. The van der Waals surface area contributed by atoms with Gasteiger partial charge < -0.3 is 5.32 Å². The molecule has 0 aliphatic heterocycles. The average Bonchev–Trinajstić information content (AvgIpc) is 2.83. The molecule has 0 saturated carbocycles. The van der Waals surface area contributed by atoms with E-state index in [1.807, 2.05) is 36.5 Å². The van der Waals surface area contributed by atoms with Gasteiger partial charge in [0.1, 0.15) is 5.01 Å². The van der Waals surface area contributed by atoms with Crippen LogP contribution >= 0.6 is 27.3 Å². The molecule has 3 nitrogen and oxygen atoms in total. The van der Waals surface area contributed by atoms with Gasteiger partial charge >= 0.3 is 0 Å². The van der Waals surface area contributed by atoms with Crippen LogP contribution in [-0.4, -0.2) is 9.97 Å². The van der Waals surface area contributed by atoms with E-state index in [1.165, 1.54) is 4.70 Å². The minimum atomic E-state index is 0.753. The van der Waals surface area contributed by atoms with Gasteiger partial charge in [-0.05, 0) is 40.2 Å². The molecule has 0 atom stereocenters. The molecule has 0 aliphatic carbocycles. The molecule has 96 valence electrons. The Kier molecular flexibility index (Phi) is 3.87. The molecule has 1 N–H and O–H groups in total. The number of nitrogens with zero attached hydrogens (tertiary/aromatic N) is 2. The monoisotopic (exact) mass is 333 g/mol. The number of halogens is 1. The summed E-state index contributed by atoms with van der Waals surface area (Å²) in [5, 5.41) is 4.48. The van der Waals surface area contributed by atoms with Gasteiger partial charge in [0.25, 0.3) is 0 Å². The molecular weight excluding hydrogens is 322 g/mol. The zero-order chi connectivity index (χ0) is 13.1. The van der Waals surface area contributed by atoms with Crippen LogP contribution in [0.2, 0.25) is 0 Å². The van der Waals surface area contributed by atoms with Gasteiger partial charge in [-0.25, -0.2) is 4.98 Å². The summed E-state index contributed by atoms with van der Waals surface area (Å²) in [6.45, 7) is 1.53. The van der Waals surface area contributed by atoms with Crippen molar-refractivity contribution < 1.29 is 0 Å². The number of pyridine rings is 1. The van der Waals surface area contributed by atoms with Crippen LogP contribution in [0.3, 0.4) is 0 Å². The standard InChI is InChI=1S/C14H12BrN3S/c15-10-5-6-11(17-7-10)8-16-9-14-18-12-3-1-2-4-13(12)19-14/h1-7,16H,8-9H2. The second kappa shape index (κ2) is 5.77. The fraction of sp³-hybridized carbons (Fsp3) is 0.143. The number of benzene rings is 1. The summed E-state index contributed by atoms with van der Waals surface area (Å²) >= 11 is 5.11. The van der Waals surface area contributed by atoms with Crippen LogP contribution in [0.15, 0.2) is 47.1 Å². The molecule has 0 saturated heterocycles. The number of hydrogen-bond donors (Lipinski definition) is 1. The SMILES string of the molecule is Brc1ccc(CNCc2nc3ccccc3s2)nc1. The van der Waals surface area contributed by atoms with Crippen LogP contribution < -0.4 is 5.32 Å². The largest absolute Gasteiger partial charge is 0.305 e. The number of nitrogens with one attached hydrogen (secondary N) is 1. The Hall–Kier alpha value is -1.30. The Bertz CT molecular complexity index is 645. The van der Waals surface area contributed by atoms with Crippen molar-refractivity contribution in [3.05, 3.63) is 57.8 Å². The smallest absolute Gasteiger partial charge is 0.108 e. The van der Waals surface area contributed by atoms with Gasteiger partial charge in [0.15, 0.2) is 0 Å². The van der Waals surface area contributed by atoms with Crippen molar-refractivity contribution in [2.45, 2.75) is 13.1 Å². The predicted molar refractivity (Wildman–Crippen MR) is 82.1 cm³/mol. The molecule has 5 heteroatoms. The summed E-state index contributed by atoms with van der Waals surface area (Å²) in [5.41, 5.74) is 2.11. The highest BCUT2D eigenvalue weighted by Crippen LogP contribution is 2.21. The molecule has 2 aromatic heterocycles. The molecule has 0 spiro atoms. The van der Waals surface area contributed by atoms with Gasteiger partial charge in [0.05, 0.1) is 15.9 Å². The number of fused-ring (bicyclic) bond motifs is 1. The molecule has 3 rings (SSSR count). The zero-order valence-corrected chi connectivity index (χ0v) is 12.5. The van der Waals surface area contributed by atoms with Gasteiger partial charge in [-0.2, -0.15) is 0 Å². The van der Waals surface area contributed by atoms with E-state index < -0.39 is 0 Å². The second-order valence-electron chi connectivity index (χ2n) is 4.15. The van der Waals surface area contributed by atoms with E-state index >= 15 is 0 Å². The van der Waals surface area contributed by atoms with Crippen LogP contribution in [0.4, 0.5) is 0 Å². The molecule has 19 heavy (non-hydrogen) atoms. The van der Waals surface area contributed by atoms with E-state index in [0.717, 1.165) is 33.8 Å². The van der Waals surface area contributed by atoms with Crippen LogP contribution in [0, 0.1) is 0 Å². The Balaban J connectivity index is 1.61. The minimum absolute atomic E-state index is 0.753. The topological polar surface area (TPSA) is 37.8 Å². The molecule has 2 heterocycles. The highest BCUT2D eigenvalue weighted by Gasteiger charge is 2.02. The first-order chi connectivity index (χ1) is 9.31. The third-order valence-corrected chi connectivity index (χ3v) is 4.21. The van der Waals surface area contributed by atoms with E-state index in [4.69, 9.17) is 0 Å². The van der Waals surface area contributed by atoms with Crippen molar-refractivity contribution in [3.63, 3.8) is 0 Å². The van der Waals surface area contributed by atoms with E-state index in [2.05, 4.69) is 37.3 Å². The van der Waals surface area contributed by atoms with E-state index in [0.29, 0.717) is 0 Å². The zero-order valence-electron chi connectivity index (χ0n) is 10.1. The van der Waals surface area contributed by atoms with Gasteiger partial charge in [-0.3, -0.25) is 4.98 Å². The lowest BCUT2D eigenvalue weighted by Gasteiger charge is -2.01. The summed E-state index contributed by atoms with van der Waals surface area (Å²) in [6.07, 6.45) is 1.81. The first-order valence-corrected chi connectivity index (χ1v) is 7.58. The van der Waals surface area contributed by atoms with Crippen LogP contribution in [0.1, 0.15) is 10.7 Å². The van der Waals surface area contributed by atoms with Crippen molar-refractivity contribution in [3.8, 4) is 0 Å².